The van der Waals surface area contributed by atoms with Gasteiger partial charge < -0.3 is 20.1 Å². The van der Waals surface area contributed by atoms with Gasteiger partial charge in [-0.1, -0.05) is 6.07 Å². The first kappa shape index (κ1) is 21.2. The number of alkyl halides is 3. The number of ether oxygens (including phenoxy) is 2. The minimum atomic E-state index is -4.62. The summed E-state index contributed by atoms with van der Waals surface area (Å²) in [4.78, 5) is 7.84. The number of hydrogen-bond acceptors (Lipinski definition) is 6. The third-order valence-electron chi connectivity index (χ3n) is 3.91. The second-order valence-corrected chi connectivity index (χ2v) is 6.63. The maximum atomic E-state index is 13.5. The second kappa shape index (κ2) is 8.89. The van der Waals surface area contributed by atoms with E-state index < -0.39 is 11.7 Å². The molecule has 0 radical (unpaired) electrons. The van der Waals surface area contributed by atoms with E-state index in [1.54, 1.807) is 55.6 Å². The minimum Gasteiger partial charge on any atom is -0.497 e. The molecule has 0 aliphatic carbocycles. The van der Waals surface area contributed by atoms with Gasteiger partial charge in [-0.05, 0) is 50.2 Å². The van der Waals surface area contributed by atoms with Crippen LogP contribution in [0.4, 0.5) is 36.3 Å². The molecule has 0 amide bonds. The third kappa shape index (κ3) is 5.53. The fourth-order valence-electron chi connectivity index (χ4n) is 2.60. The number of benzene rings is 2. The Morgan fingerprint density at radius 1 is 0.933 bits per heavy atom. The van der Waals surface area contributed by atoms with Crippen LogP contribution in [0.25, 0.3) is 0 Å². The highest BCUT2D eigenvalue weighted by molar-refractivity contribution is 5.64. The van der Waals surface area contributed by atoms with Gasteiger partial charge in [-0.2, -0.15) is 18.2 Å². The van der Waals surface area contributed by atoms with Crippen LogP contribution in [0.2, 0.25) is 0 Å². The van der Waals surface area contributed by atoms with Gasteiger partial charge in [0.05, 0.1) is 13.2 Å². The number of aromatic nitrogens is 2. The molecule has 3 rings (SSSR count). The highest BCUT2D eigenvalue weighted by Crippen LogP contribution is 2.35. The summed E-state index contributed by atoms with van der Waals surface area (Å²) in [5.41, 5.74) is 0.0412. The van der Waals surface area contributed by atoms with Gasteiger partial charge in [-0.3, -0.25) is 0 Å². The lowest BCUT2D eigenvalue weighted by Gasteiger charge is -2.16. The Balaban J connectivity index is 1.89. The van der Waals surface area contributed by atoms with Gasteiger partial charge in [0.25, 0.3) is 0 Å². The van der Waals surface area contributed by atoms with Crippen molar-refractivity contribution >= 4 is 23.1 Å². The first-order valence-electron chi connectivity index (χ1n) is 9.13. The largest absolute Gasteiger partial charge is 0.497 e. The molecular formula is C21H21F3N4O2. The summed E-state index contributed by atoms with van der Waals surface area (Å²) >= 11 is 0. The van der Waals surface area contributed by atoms with Crippen LogP contribution in [-0.2, 0) is 6.18 Å². The van der Waals surface area contributed by atoms with Crippen LogP contribution in [0.5, 0.6) is 11.5 Å². The zero-order valence-electron chi connectivity index (χ0n) is 16.6. The van der Waals surface area contributed by atoms with Crippen LogP contribution >= 0.6 is 0 Å². The van der Waals surface area contributed by atoms with Crippen LogP contribution in [0.1, 0.15) is 19.4 Å². The summed E-state index contributed by atoms with van der Waals surface area (Å²) < 4.78 is 51.1. The highest BCUT2D eigenvalue weighted by atomic mass is 19.4. The van der Waals surface area contributed by atoms with Crippen molar-refractivity contribution < 1.29 is 22.6 Å². The normalized spacial score (nSPS) is 11.3. The maximum Gasteiger partial charge on any atom is 0.421 e. The van der Waals surface area contributed by atoms with E-state index in [-0.39, 0.29) is 17.9 Å². The van der Waals surface area contributed by atoms with E-state index >= 15 is 0 Å². The molecule has 1 aromatic heterocycles. The topological polar surface area (TPSA) is 68.3 Å². The van der Waals surface area contributed by atoms with Crippen LogP contribution in [0, 0.1) is 0 Å². The summed E-state index contributed by atoms with van der Waals surface area (Å²) in [6.45, 7) is 3.73. The van der Waals surface area contributed by atoms with Gasteiger partial charge in [-0.25, -0.2) is 4.98 Å². The summed E-state index contributed by atoms with van der Waals surface area (Å²) in [6.07, 6.45) is -3.94. The molecule has 0 bridgehead atoms. The van der Waals surface area contributed by atoms with E-state index in [1.807, 2.05) is 13.8 Å². The average Bonchev–Trinajstić information content (AvgIpc) is 2.67. The van der Waals surface area contributed by atoms with Crippen molar-refractivity contribution in [3.63, 3.8) is 0 Å². The van der Waals surface area contributed by atoms with Crippen LogP contribution < -0.4 is 20.1 Å². The summed E-state index contributed by atoms with van der Waals surface area (Å²) in [5, 5.41) is 5.61. The van der Waals surface area contributed by atoms with E-state index in [0.717, 1.165) is 6.20 Å². The number of halogens is 3. The Kier molecular flexibility index (Phi) is 6.29. The molecule has 3 aromatic rings. The first-order chi connectivity index (χ1) is 14.2. The Bertz CT molecular complexity index is 992. The molecule has 30 heavy (non-hydrogen) atoms. The van der Waals surface area contributed by atoms with Crippen molar-refractivity contribution in [3.05, 3.63) is 60.3 Å². The van der Waals surface area contributed by atoms with Gasteiger partial charge in [0.2, 0.25) is 5.95 Å². The monoisotopic (exact) mass is 418 g/mol. The Labute approximate surface area is 172 Å². The van der Waals surface area contributed by atoms with E-state index in [1.165, 1.54) is 0 Å². The van der Waals surface area contributed by atoms with Crippen molar-refractivity contribution in [2.24, 2.45) is 0 Å². The van der Waals surface area contributed by atoms with E-state index in [4.69, 9.17) is 9.47 Å². The Morgan fingerprint density at radius 2 is 1.67 bits per heavy atom. The molecule has 0 spiro atoms. The number of methoxy groups -OCH3 is 1. The summed E-state index contributed by atoms with van der Waals surface area (Å²) in [6, 6.07) is 13.5. The Hall–Kier alpha value is -3.49. The van der Waals surface area contributed by atoms with Crippen molar-refractivity contribution in [1.82, 2.24) is 9.97 Å². The van der Waals surface area contributed by atoms with Crippen molar-refractivity contribution in [1.29, 1.82) is 0 Å². The molecule has 9 heteroatoms. The van der Waals surface area contributed by atoms with Crippen LogP contribution in [0.15, 0.2) is 54.7 Å². The van der Waals surface area contributed by atoms with E-state index in [0.29, 0.717) is 22.9 Å². The molecule has 0 unspecified atom stereocenters. The smallest absolute Gasteiger partial charge is 0.421 e. The van der Waals surface area contributed by atoms with Crippen molar-refractivity contribution in [3.8, 4) is 11.5 Å². The second-order valence-electron chi connectivity index (χ2n) is 6.63. The molecular weight excluding hydrogens is 397 g/mol. The predicted octanol–water partition coefficient (Wildman–Crippen LogP) is 5.78. The Morgan fingerprint density at radius 3 is 2.30 bits per heavy atom. The van der Waals surface area contributed by atoms with Gasteiger partial charge in [0, 0.05) is 23.6 Å². The maximum absolute atomic E-state index is 13.5. The number of rotatable bonds is 7. The van der Waals surface area contributed by atoms with Gasteiger partial charge in [-0.15, -0.1) is 0 Å². The molecule has 2 aromatic carbocycles. The van der Waals surface area contributed by atoms with Gasteiger partial charge in [0.1, 0.15) is 22.9 Å². The van der Waals surface area contributed by atoms with Crippen LogP contribution in [0.3, 0.4) is 0 Å². The zero-order chi connectivity index (χ0) is 21.7. The fraction of sp³-hybridized carbons (Fsp3) is 0.238. The molecule has 0 saturated carbocycles. The molecule has 0 fully saturated rings. The SMILES string of the molecule is COc1ccc(Nc2ncc(C(F)(F)F)c(Nc3cccc(OC(C)C)c3)n2)cc1. The molecule has 2 N–H and O–H groups in total. The van der Waals surface area contributed by atoms with Gasteiger partial charge >= 0.3 is 6.18 Å². The summed E-state index contributed by atoms with van der Waals surface area (Å²) in [5.74, 6) is 0.842. The van der Waals surface area contributed by atoms with Gasteiger partial charge in [0.15, 0.2) is 0 Å². The molecule has 158 valence electrons. The minimum absolute atomic E-state index is 0.0188. The van der Waals surface area contributed by atoms with E-state index in [9.17, 15) is 13.2 Å². The molecule has 1 heterocycles. The fourth-order valence-corrected chi connectivity index (χ4v) is 2.60. The lowest BCUT2D eigenvalue weighted by atomic mass is 10.2. The predicted molar refractivity (Wildman–Crippen MR) is 109 cm³/mol. The van der Waals surface area contributed by atoms with Crippen molar-refractivity contribution in [2.75, 3.05) is 17.7 Å². The lowest BCUT2D eigenvalue weighted by molar-refractivity contribution is -0.137. The first-order valence-corrected chi connectivity index (χ1v) is 9.13. The molecule has 0 aliphatic heterocycles. The van der Waals surface area contributed by atoms with Crippen molar-refractivity contribution in [2.45, 2.75) is 26.1 Å². The van der Waals surface area contributed by atoms with Crippen LogP contribution in [-0.4, -0.2) is 23.2 Å². The van der Waals surface area contributed by atoms with E-state index in [2.05, 4.69) is 20.6 Å². The quantitative estimate of drug-likeness (QED) is 0.507. The number of hydrogen-bond donors (Lipinski definition) is 2. The number of anilines is 4. The standard InChI is InChI=1S/C21H21F3N4O2/c1-13(2)30-17-6-4-5-15(11-17)26-19-18(21(22,23)24)12-25-20(28-19)27-14-7-9-16(29-3)10-8-14/h4-13H,1-3H3,(H2,25,26,27,28). The molecule has 6 nitrogen and oxygen atoms in total. The molecule has 0 atom stereocenters. The summed E-state index contributed by atoms with van der Waals surface area (Å²) in [7, 11) is 1.54. The number of nitrogens with one attached hydrogen (secondary N) is 2. The lowest BCUT2D eigenvalue weighted by Crippen LogP contribution is -2.12. The number of nitrogens with zero attached hydrogens (tertiary/aromatic N) is 2. The molecule has 0 aliphatic rings. The zero-order valence-corrected chi connectivity index (χ0v) is 16.6. The molecule has 0 saturated heterocycles. The highest BCUT2D eigenvalue weighted by Gasteiger charge is 2.35. The third-order valence-corrected chi connectivity index (χ3v) is 3.91. The average molecular weight is 418 g/mol.